The van der Waals surface area contributed by atoms with Gasteiger partial charge in [0, 0.05) is 0 Å². The van der Waals surface area contributed by atoms with Crippen LogP contribution in [0.15, 0.2) is 139 Å². The van der Waals surface area contributed by atoms with Gasteiger partial charge in [0.25, 0.3) is 0 Å². The SMILES string of the molecule is CCC1=C2c3c(-c4ccccc4)cccc3[CH]1[V]([CH3])([CH3])[CH]1C(CC)=C(c3c(-c4ccccc4)cccc31)[Si]2(C)c1ccccc1. The van der Waals surface area contributed by atoms with Gasteiger partial charge in [-0.2, -0.15) is 0 Å². The Bertz CT molecular complexity index is 1880. The van der Waals surface area contributed by atoms with E-state index in [2.05, 4.69) is 159 Å². The number of rotatable bonds is 5. The number of fused-ring (bicyclic) bond motifs is 8. The number of hydrogen-bond acceptors (Lipinski definition) is 0. The molecule has 2 unspecified atom stereocenters. The Hall–Kier alpha value is -3.62. The first-order valence-corrected chi connectivity index (χ1v) is 23.6. The zero-order valence-corrected chi connectivity index (χ0v) is 29.5. The van der Waals surface area contributed by atoms with Gasteiger partial charge >= 0.3 is 275 Å². The molecule has 5 aromatic rings. The molecule has 3 aliphatic rings. The van der Waals surface area contributed by atoms with Crippen molar-refractivity contribution in [3.63, 3.8) is 0 Å². The average molecular weight is 638 g/mol. The fourth-order valence-corrected chi connectivity index (χ4v) is 22.0. The zero-order chi connectivity index (χ0) is 30.9. The van der Waals surface area contributed by atoms with E-state index in [1.807, 2.05) is 0 Å². The van der Waals surface area contributed by atoms with Gasteiger partial charge in [0.05, 0.1) is 0 Å². The number of allylic oxidation sites excluding steroid dienone is 2. The molecule has 223 valence electrons. The Labute approximate surface area is 273 Å². The molecule has 0 amide bonds. The Morgan fingerprint density at radius 1 is 0.511 bits per heavy atom. The van der Waals surface area contributed by atoms with Crippen LogP contribution < -0.4 is 5.19 Å². The Balaban J connectivity index is 1.57. The van der Waals surface area contributed by atoms with Crippen LogP contribution in [0.2, 0.25) is 17.8 Å². The molecule has 5 aromatic carbocycles. The van der Waals surface area contributed by atoms with E-state index in [-0.39, 0.29) is 0 Å². The topological polar surface area (TPSA) is 0 Å². The van der Waals surface area contributed by atoms with E-state index in [4.69, 9.17) is 0 Å². The number of hydrogen-bond donors (Lipinski definition) is 0. The fourth-order valence-electron chi connectivity index (χ4n) is 9.58. The van der Waals surface area contributed by atoms with E-state index in [0.29, 0.717) is 9.26 Å². The third-order valence-electron chi connectivity index (χ3n) is 11.2. The molecule has 0 spiro atoms. The van der Waals surface area contributed by atoms with Gasteiger partial charge in [-0.15, -0.1) is 0 Å². The van der Waals surface area contributed by atoms with Crippen molar-refractivity contribution >= 4 is 23.7 Å². The van der Waals surface area contributed by atoms with E-state index in [0.717, 1.165) is 12.8 Å². The third-order valence-corrected chi connectivity index (χ3v) is 21.8. The van der Waals surface area contributed by atoms with Crippen molar-refractivity contribution < 1.29 is 14.0 Å². The first kappa shape index (κ1) is 28.8. The van der Waals surface area contributed by atoms with Crippen LogP contribution in [0.1, 0.15) is 58.2 Å². The molecule has 8 rings (SSSR count). The van der Waals surface area contributed by atoms with Crippen molar-refractivity contribution in [1.82, 2.24) is 0 Å². The second-order valence-corrected chi connectivity index (χ2v) is 24.2. The van der Waals surface area contributed by atoms with E-state index in [1.54, 1.807) is 49.0 Å². The van der Waals surface area contributed by atoms with Crippen LogP contribution in [0, 0.1) is 0 Å². The first-order chi connectivity index (χ1) is 21.9. The van der Waals surface area contributed by atoms with Crippen molar-refractivity contribution in [2.75, 3.05) is 0 Å². The molecule has 45 heavy (non-hydrogen) atoms. The monoisotopic (exact) mass is 637 g/mol. The van der Waals surface area contributed by atoms with Gasteiger partial charge in [-0.3, -0.25) is 0 Å². The summed E-state index contributed by atoms with van der Waals surface area (Å²) >= 11 is -2.50. The van der Waals surface area contributed by atoms with E-state index in [1.165, 1.54) is 22.3 Å². The minimum atomic E-state index is -2.55. The molecule has 1 aliphatic heterocycles. The Morgan fingerprint density at radius 3 is 1.31 bits per heavy atom. The second-order valence-electron chi connectivity index (χ2n) is 13.7. The standard InChI is InChI=1S/C41H36Si.2CH3.V/c1-4-29-27-33-21-15-25-36(31-17-9-6-10-18-31)38(33)40(29)42(3,35-23-13-8-14-24-35)41-30(5-2)28-34-22-16-26-37(39(34)41)32-19-11-7-12-20-32;;;/h6-28H,4-5H2,1-3H3;2*1H3;. The van der Waals surface area contributed by atoms with E-state index >= 15 is 0 Å². The van der Waals surface area contributed by atoms with E-state index < -0.39 is 22.1 Å². The summed E-state index contributed by atoms with van der Waals surface area (Å²) in [7, 11) is -2.55. The quantitative estimate of drug-likeness (QED) is 0.168. The van der Waals surface area contributed by atoms with Crippen LogP contribution in [0.25, 0.3) is 32.6 Å². The molecule has 2 heteroatoms. The Morgan fingerprint density at radius 2 is 0.911 bits per heavy atom. The fraction of sp³-hybridized carbons (Fsp3) is 0.209. The summed E-state index contributed by atoms with van der Waals surface area (Å²) in [6, 6.07) is 48.7. The second kappa shape index (κ2) is 10.7. The molecular formula is C43H42SiV. The Kier molecular flexibility index (Phi) is 6.88. The minimum absolute atomic E-state index is 0.539. The number of benzene rings is 5. The summed E-state index contributed by atoms with van der Waals surface area (Å²) in [6.07, 6.45) is 2.23. The summed E-state index contributed by atoms with van der Waals surface area (Å²) in [5.41, 5.74) is 21.0. The van der Waals surface area contributed by atoms with Crippen LogP contribution in [0.3, 0.4) is 0 Å². The molecule has 2 aliphatic carbocycles. The van der Waals surface area contributed by atoms with Crippen LogP contribution >= 0.6 is 0 Å². The normalized spacial score (nSPS) is 22.6. The maximum atomic E-state index is 2.76. The van der Waals surface area contributed by atoms with Gasteiger partial charge in [-0.1, -0.05) is 0 Å². The van der Waals surface area contributed by atoms with Crippen molar-refractivity contribution in [2.24, 2.45) is 0 Å². The maximum absolute atomic E-state index is 2.76. The van der Waals surface area contributed by atoms with Crippen LogP contribution in [0.5, 0.6) is 0 Å². The van der Waals surface area contributed by atoms with E-state index in [9.17, 15) is 0 Å². The molecular weight excluding hydrogens is 596 g/mol. The van der Waals surface area contributed by atoms with Crippen LogP contribution in [-0.4, -0.2) is 8.07 Å². The molecule has 2 atom stereocenters. The van der Waals surface area contributed by atoms with Gasteiger partial charge < -0.3 is 0 Å². The average Bonchev–Trinajstić information content (AvgIpc) is 3.64. The molecule has 0 saturated heterocycles. The molecule has 0 fully saturated rings. The molecule has 0 saturated carbocycles. The predicted molar refractivity (Wildman–Crippen MR) is 193 cm³/mol. The summed E-state index contributed by atoms with van der Waals surface area (Å²) in [6.45, 7) is 7.63. The third kappa shape index (κ3) is 3.97. The first-order valence-electron chi connectivity index (χ1n) is 16.7. The molecule has 0 nitrogen and oxygen atoms in total. The molecule has 0 N–H and O–H groups in total. The molecule has 0 radical (unpaired) electrons. The predicted octanol–water partition coefficient (Wildman–Crippen LogP) is 11.5. The molecule has 1 heterocycles. The van der Waals surface area contributed by atoms with Gasteiger partial charge in [0.15, 0.2) is 0 Å². The van der Waals surface area contributed by atoms with Crippen molar-refractivity contribution in [3.05, 3.63) is 161 Å². The van der Waals surface area contributed by atoms with Crippen molar-refractivity contribution in [3.8, 4) is 22.3 Å². The summed E-state index contributed by atoms with van der Waals surface area (Å²) in [4.78, 5) is 0. The zero-order valence-electron chi connectivity index (χ0n) is 27.1. The van der Waals surface area contributed by atoms with Crippen LogP contribution in [-0.2, 0) is 14.0 Å². The van der Waals surface area contributed by atoms with Crippen molar-refractivity contribution in [1.29, 1.82) is 0 Å². The van der Waals surface area contributed by atoms with Gasteiger partial charge in [0.2, 0.25) is 0 Å². The van der Waals surface area contributed by atoms with Gasteiger partial charge in [-0.05, 0) is 0 Å². The summed E-state index contributed by atoms with van der Waals surface area (Å²) in [5.74, 6) is 0. The summed E-state index contributed by atoms with van der Waals surface area (Å²) < 4.78 is 1.08. The van der Waals surface area contributed by atoms with Gasteiger partial charge in [-0.25, -0.2) is 0 Å². The van der Waals surface area contributed by atoms with Crippen LogP contribution in [0.4, 0.5) is 0 Å². The molecule has 4 bridgehead atoms. The summed E-state index contributed by atoms with van der Waals surface area (Å²) in [5, 5.41) is 4.99. The van der Waals surface area contributed by atoms with Crippen molar-refractivity contribution in [2.45, 2.75) is 53.8 Å². The molecule has 0 aromatic heterocycles. The van der Waals surface area contributed by atoms with Gasteiger partial charge in [0.1, 0.15) is 0 Å².